The van der Waals surface area contributed by atoms with E-state index in [0.717, 1.165) is 25.7 Å². The Labute approximate surface area is 116 Å². The van der Waals surface area contributed by atoms with Crippen LogP contribution in [0.5, 0.6) is 0 Å². The van der Waals surface area contributed by atoms with Gasteiger partial charge in [-0.3, -0.25) is 4.79 Å². The summed E-state index contributed by atoms with van der Waals surface area (Å²) in [6.07, 6.45) is 4.90. The maximum absolute atomic E-state index is 11.8. The second kappa shape index (κ2) is 6.40. The van der Waals surface area contributed by atoms with Crippen molar-refractivity contribution in [2.75, 3.05) is 0 Å². The maximum Gasteiger partial charge on any atom is 0.329 e. The lowest BCUT2D eigenvalue weighted by Gasteiger charge is -2.46. The molecular weight excluding hydrogens is 242 g/mol. The SMILES string of the molecule is CC(C)CC1CCCC(C(=O)O)(N(C=O)C(C)C)C1. The third-order valence-electron chi connectivity index (χ3n) is 4.20. The van der Waals surface area contributed by atoms with Crippen LogP contribution in [0.4, 0.5) is 0 Å². The van der Waals surface area contributed by atoms with Gasteiger partial charge in [-0.05, 0) is 44.9 Å². The molecule has 1 aliphatic rings. The van der Waals surface area contributed by atoms with Gasteiger partial charge in [0.15, 0.2) is 0 Å². The van der Waals surface area contributed by atoms with Crippen molar-refractivity contribution in [1.82, 2.24) is 4.90 Å². The molecule has 0 aliphatic heterocycles. The number of aliphatic carboxylic acids is 1. The summed E-state index contributed by atoms with van der Waals surface area (Å²) < 4.78 is 0. The van der Waals surface area contributed by atoms with Crippen molar-refractivity contribution in [2.45, 2.75) is 71.4 Å². The topological polar surface area (TPSA) is 57.6 Å². The zero-order valence-corrected chi connectivity index (χ0v) is 12.6. The van der Waals surface area contributed by atoms with Gasteiger partial charge >= 0.3 is 5.97 Å². The molecule has 0 spiro atoms. The molecule has 2 atom stereocenters. The number of nitrogens with zero attached hydrogens (tertiary/aromatic N) is 1. The summed E-state index contributed by atoms with van der Waals surface area (Å²) >= 11 is 0. The highest BCUT2D eigenvalue weighted by Gasteiger charge is 2.48. The third kappa shape index (κ3) is 3.48. The number of carbonyl (C=O) groups is 2. The summed E-state index contributed by atoms with van der Waals surface area (Å²) in [5, 5.41) is 9.69. The third-order valence-corrected chi connectivity index (χ3v) is 4.20. The zero-order chi connectivity index (χ0) is 14.6. The van der Waals surface area contributed by atoms with E-state index in [0.29, 0.717) is 24.7 Å². The van der Waals surface area contributed by atoms with Crippen LogP contribution in [0.3, 0.4) is 0 Å². The first-order valence-corrected chi connectivity index (χ1v) is 7.30. The Kier molecular flexibility index (Phi) is 5.39. The summed E-state index contributed by atoms with van der Waals surface area (Å²) in [6, 6.07) is -0.0774. The van der Waals surface area contributed by atoms with Gasteiger partial charge in [0.25, 0.3) is 0 Å². The molecular formula is C15H27NO3. The van der Waals surface area contributed by atoms with E-state index in [2.05, 4.69) is 13.8 Å². The Morgan fingerprint density at radius 1 is 1.42 bits per heavy atom. The normalized spacial score (nSPS) is 27.6. The lowest BCUT2D eigenvalue weighted by atomic mass is 9.72. The minimum absolute atomic E-state index is 0.0774. The Morgan fingerprint density at radius 2 is 2.05 bits per heavy atom. The van der Waals surface area contributed by atoms with Gasteiger partial charge in [0, 0.05) is 6.04 Å². The molecule has 0 aromatic heterocycles. The molecule has 1 saturated carbocycles. The smallest absolute Gasteiger partial charge is 0.329 e. The van der Waals surface area contributed by atoms with Crippen LogP contribution in [0, 0.1) is 11.8 Å². The van der Waals surface area contributed by atoms with E-state index in [9.17, 15) is 14.7 Å². The highest BCUT2D eigenvalue weighted by atomic mass is 16.4. The summed E-state index contributed by atoms with van der Waals surface area (Å²) in [6.45, 7) is 8.09. The second-order valence-corrected chi connectivity index (χ2v) is 6.54. The second-order valence-electron chi connectivity index (χ2n) is 6.54. The fourth-order valence-electron chi connectivity index (χ4n) is 3.49. The summed E-state index contributed by atoms with van der Waals surface area (Å²) in [7, 11) is 0. The molecule has 0 radical (unpaired) electrons. The van der Waals surface area contributed by atoms with Gasteiger partial charge in [-0.1, -0.05) is 26.7 Å². The molecule has 0 saturated heterocycles. The minimum Gasteiger partial charge on any atom is -0.479 e. The van der Waals surface area contributed by atoms with Gasteiger partial charge in [0.05, 0.1) is 0 Å². The van der Waals surface area contributed by atoms with Crippen molar-refractivity contribution < 1.29 is 14.7 Å². The van der Waals surface area contributed by atoms with E-state index < -0.39 is 11.5 Å². The lowest BCUT2D eigenvalue weighted by Crippen LogP contribution is -2.59. The van der Waals surface area contributed by atoms with E-state index in [1.807, 2.05) is 13.8 Å². The molecule has 1 aliphatic carbocycles. The minimum atomic E-state index is -0.992. The Bertz CT molecular complexity index is 327. The van der Waals surface area contributed by atoms with Crippen molar-refractivity contribution in [3.05, 3.63) is 0 Å². The fourth-order valence-corrected chi connectivity index (χ4v) is 3.49. The van der Waals surface area contributed by atoms with Gasteiger partial charge in [-0.2, -0.15) is 0 Å². The fraction of sp³-hybridized carbons (Fsp3) is 0.867. The standard InChI is InChI=1S/C15H27NO3/c1-11(2)8-13-6-5-7-15(9-13,14(18)19)16(10-17)12(3)4/h10-13H,5-9H2,1-4H3,(H,18,19). The average molecular weight is 269 g/mol. The maximum atomic E-state index is 11.8. The van der Waals surface area contributed by atoms with Crippen molar-refractivity contribution in [3.8, 4) is 0 Å². The number of rotatable bonds is 6. The molecule has 0 aromatic rings. The van der Waals surface area contributed by atoms with E-state index >= 15 is 0 Å². The lowest BCUT2D eigenvalue weighted by molar-refractivity contribution is -0.161. The molecule has 4 heteroatoms. The molecule has 4 nitrogen and oxygen atoms in total. The summed E-state index contributed by atoms with van der Waals surface area (Å²) in [5.41, 5.74) is -0.992. The number of hydrogen-bond donors (Lipinski definition) is 1. The summed E-state index contributed by atoms with van der Waals surface area (Å²) in [5.74, 6) is 0.131. The van der Waals surface area contributed by atoms with E-state index in [1.165, 1.54) is 4.90 Å². The Balaban J connectivity index is 2.98. The molecule has 1 N–H and O–H groups in total. The van der Waals surface area contributed by atoms with Crippen LogP contribution in [0.25, 0.3) is 0 Å². The molecule has 0 aromatic carbocycles. The Morgan fingerprint density at radius 3 is 2.47 bits per heavy atom. The van der Waals surface area contributed by atoms with Crippen molar-refractivity contribution in [1.29, 1.82) is 0 Å². The number of amides is 1. The number of hydrogen-bond acceptors (Lipinski definition) is 2. The Hall–Kier alpha value is -1.06. The zero-order valence-electron chi connectivity index (χ0n) is 12.6. The van der Waals surface area contributed by atoms with Gasteiger partial charge in [0.2, 0.25) is 6.41 Å². The van der Waals surface area contributed by atoms with Crippen LogP contribution in [0.2, 0.25) is 0 Å². The van der Waals surface area contributed by atoms with Crippen LogP contribution in [-0.4, -0.2) is 34.0 Å². The highest BCUT2D eigenvalue weighted by Crippen LogP contribution is 2.40. The molecule has 110 valence electrons. The van der Waals surface area contributed by atoms with Crippen molar-refractivity contribution >= 4 is 12.4 Å². The molecule has 0 bridgehead atoms. The number of carboxylic acid groups (broad SMARTS) is 1. The van der Waals surface area contributed by atoms with Gasteiger partial charge in [-0.25, -0.2) is 4.79 Å². The van der Waals surface area contributed by atoms with Crippen LogP contribution >= 0.6 is 0 Å². The molecule has 19 heavy (non-hydrogen) atoms. The highest BCUT2D eigenvalue weighted by molar-refractivity contribution is 5.81. The first kappa shape index (κ1) is 16.0. The summed E-state index contributed by atoms with van der Waals surface area (Å²) in [4.78, 5) is 24.7. The van der Waals surface area contributed by atoms with Gasteiger partial charge in [0.1, 0.15) is 5.54 Å². The average Bonchev–Trinajstić information content (AvgIpc) is 2.28. The molecule has 1 fully saturated rings. The molecule has 1 rings (SSSR count). The quantitative estimate of drug-likeness (QED) is 0.754. The number of carbonyl (C=O) groups excluding carboxylic acids is 1. The first-order valence-electron chi connectivity index (χ1n) is 7.30. The largest absolute Gasteiger partial charge is 0.479 e. The van der Waals surface area contributed by atoms with E-state index in [-0.39, 0.29) is 6.04 Å². The van der Waals surface area contributed by atoms with Crippen LogP contribution in [0.1, 0.15) is 59.8 Å². The first-order chi connectivity index (χ1) is 8.83. The van der Waals surface area contributed by atoms with Gasteiger partial charge < -0.3 is 10.0 Å². The predicted molar refractivity (Wildman–Crippen MR) is 74.8 cm³/mol. The predicted octanol–water partition coefficient (Wildman–Crippen LogP) is 2.91. The van der Waals surface area contributed by atoms with Gasteiger partial charge in [-0.15, -0.1) is 0 Å². The number of carboxylic acids is 1. The van der Waals surface area contributed by atoms with Crippen LogP contribution < -0.4 is 0 Å². The van der Waals surface area contributed by atoms with E-state index in [4.69, 9.17) is 0 Å². The van der Waals surface area contributed by atoms with Crippen molar-refractivity contribution in [2.24, 2.45) is 11.8 Å². The van der Waals surface area contributed by atoms with Crippen LogP contribution in [0.15, 0.2) is 0 Å². The van der Waals surface area contributed by atoms with E-state index in [1.54, 1.807) is 0 Å². The monoisotopic (exact) mass is 269 g/mol. The molecule has 1 amide bonds. The molecule has 0 heterocycles. The van der Waals surface area contributed by atoms with Crippen molar-refractivity contribution in [3.63, 3.8) is 0 Å². The van der Waals surface area contributed by atoms with Crippen LogP contribution in [-0.2, 0) is 9.59 Å². The molecule has 2 unspecified atom stereocenters.